The first kappa shape index (κ1) is 21.2. The number of benzene rings is 1. The van der Waals surface area contributed by atoms with Gasteiger partial charge in [0.05, 0.1) is 22.5 Å². The summed E-state index contributed by atoms with van der Waals surface area (Å²) < 4.78 is 26.8. The zero-order chi connectivity index (χ0) is 21.3. The maximum atomic E-state index is 13.7. The third-order valence-corrected chi connectivity index (χ3v) is 7.72. The Hall–Kier alpha value is -2.07. The minimum Gasteiger partial charge on any atom is -0.282 e. The normalized spacial score (nSPS) is 17.9. The highest BCUT2D eigenvalue weighted by atomic mass is 35.5. The van der Waals surface area contributed by atoms with E-state index >= 15 is 0 Å². The van der Waals surface area contributed by atoms with Gasteiger partial charge in [-0.05, 0) is 36.6 Å². The van der Waals surface area contributed by atoms with E-state index in [1.807, 2.05) is 18.2 Å². The first-order valence-electron chi connectivity index (χ1n) is 9.57. The largest absolute Gasteiger partial charge is 0.282 e. The van der Waals surface area contributed by atoms with Crippen molar-refractivity contribution in [2.24, 2.45) is 0 Å². The van der Waals surface area contributed by atoms with Crippen molar-refractivity contribution in [3.05, 3.63) is 53.3 Å². The molecule has 0 saturated carbocycles. The van der Waals surface area contributed by atoms with Crippen LogP contribution in [0, 0.1) is 0 Å². The molecule has 1 aliphatic rings. The molecule has 3 heterocycles. The van der Waals surface area contributed by atoms with Crippen molar-refractivity contribution in [2.45, 2.75) is 31.8 Å². The number of halogens is 1. The molecule has 1 fully saturated rings. The number of fused-ring (bicyclic) bond motifs is 1. The summed E-state index contributed by atoms with van der Waals surface area (Å²) in [6.07, 6.45) is 6.54. The molecule has 0 bridgehead atoms. The molecule has 1 unspecified atom stereocenters. The Bertz CT molecular complexity index is 1170. The van der Waals surface area contributed by atoms with E-state index < -0.39 is 16.1 Å². The number of amides is 1. The van der Waals surface area contributed by atoms with Gasteiger partial charge < -0.3 is 0 Å². The summed E-state index contributed by atoms with van der Waals surface area (Å²) in [6.45, 7) is 0.597. The number of anilines is 1. The number of carbonyl (C=O) groups excluding carboxylic acids is 1. The van der Waals surface area contributed by atoms with Crippen LogP contribution in [0.15, 0.2) is 42.7 Å². The molecule has 10 heteroatoms. The number of para-hydroxylation sites is 1. The number of aromatic nitrogens is 2. The van der Waals surface area contributed by atoms with E-state index in [1.165, 1.54) is 15.6 Å². The topological polar surface area (TPSA) is 83.5 Å². The standard InChI is InChI=1S/C20H21ClN4O3S2/c1-30(27,28)25-11-3-2-8-16(25)19(26)24(13-14-6-5-10-22-12-14)20-23-18-15(21)7-4-9-17(18)29-20/h4-7,9-10,12,16H,2-3,8,11,13H2,1H3. The predicted octanol–water partition coefficient (Wildman–Crippen LogP) is 3.69. The molecule has 1 atom stereocenters. The zero-order valence-electron chi connectivity index (χ0n) is 16.4. The lowest BCUT2D eigenvalue weighted by Crippen LogP contribution is -2.52. The summed E-state index contributed by atoms with van der Waals surface area (Å²) in [5.41, 5.74) is 1.46. The molecule has 1 aromatic carbocycles. The van der Waals surface area contributed by atoms with E-state index in [0.29, 0.717) is 28.6 Å². The molecule has 1 aliphatic heterocycles. The van der Waals surface area contributed by atoms with Crippen molar-refractivity contribution in [3.63, 3.8) is 0 Å². The van der Waals surface area contributed by atoms with Crippen LogP contribution in [-0.2, 0) is 21.4 Å². The summed E-state index contributed by atoms with van der Waals surface area (Å²) in [7, 11) is -3.50. The molecule has 30 heavy (non-hydrogen) atoms. The third-order valence-electron chi connectivity index (χ3n) is 5.08. The Balaban J connectivity index is 1.76. The molecule has 0 N–H and O–H groups in total. The number of rotatable bonds is 5. The summed E-state index contributed by atoms with van der Waals surface area (Å²) in [6, 6.07) is 8.44. The van der Waals surface area contributed by atoms with Gasteiger partial charge in [0.25, 0.3) is 0 Å². The second-order valence-corrected chi connectivity index (χ2v) is 10.6. The second-order valence-electron chi connectivity index (χ2n) is 7.25. The molecule has 7 nitrogen and oxygen atoms in total. The molecule has 2 aromatic heterocycles. The zero-order valence-corrected chi connectivity index (χ0v) is 18.8. The number of thiazole rings is 1. The molecular weight excluding hydrogens is 444 g/mol. The highest BCUT2D eigenvalue weighted by Gasteiger charge is 2.38. The number of nitrogens with zero attached hydrogens (tertiary/aromatic N) is 4. The van der Waals surface area contributed by atoms with Crippen molar-refractivity contribution in [1.82, 2.24) is 14.3 Å². The van der Waals surface area contributed by atoms with Gasteiger partial charge >= 0.3 is 0 Å². The third kappa shape index (κ3) is 4.34. The molecule has 0 spiro atoms. The van der Waals surface area contributed by atoms with Gasteiger partial charge in [-0.15, -0.1) is 0 Å². The maximum Gasteiger partial charge on any atom is 0.247 e. The lowest BCUT2D eigenvalue weighted by atomic mass is 10.0. The maximum absolute atomic E-state index is 13.7. The van der Waals surface area contributed by atoms with Crippen molar-refractivity contribution in [2.75, 3.05) is 17.7 Å². The fourth-order valence-corrected chi connectivity index (χ4v) is 6.05. The summed E-state index contributed by atoms with van der Waals surface area (Å²) in [4.78, 5) is 24.0. The molecule has 158 valence electrons. The average Bonchev–Trinajstić information content (AvgIpc) is 3.17. The van der Waals surface area contributed by atoms with Crippen molar-refractivity contribution >= 4 is 54.2 Å². The molecule has 0 aliphatic carbocycles. The van der Waals surface area contributed by atoms with Gasteiger partial charge in [-0.1, -0.05) is 41.5 Å². The van der Waals surface area contributed by atoms with Gasteiger partial charge in [0, 0.05) is 18.9 Å². The number of pyridine rings is 1. The average molecular weight is 465 g/mol. The lowest BCUT2D eigenvalue weighted by Gasteiger charge is -2.35. The Labute approximate surface area is 184 Å². The fourth-order valence-electron chi connectivity index (χ4n) is 3.66. The van der Waals surface area contributed by atoms with Crippen LogP contribution < -0.4 is 4.90 Å². The summed E-state index contributed by atoms with van der Waals surface area (Å²) >= 11 is 7.65. The van der Waals surface area contributed by atoms with Crippen LogP contribution in [0.4, 0.5) is 5.13 Å². The minimum atomic E-state index is -3.50. The minimum absolute atomic E-state index is 0.248. The Morgan fingerprint density at radius 1 is 1.30 bits per heavy atom. The van der Waals surface area contributed by atoms with Gasteiger partial charge in [0.2, 0.25) is 15.9 Å². The molecule has 3 aromatic rings. The van der Waals surface area contributed by atoms with Crippen molar-refractivity contribution in [1.29, 1.82) is 0 Å². The van der Waals surface area contributed by atoms with Gasteiger partial charge in [-0.2, -0.15) is 4.31 Å². The smallest absolute Gasteiger partial charge is 0.247 e. The van der Waals surface area contributed by atoms with Crippen LogP contribution >= 0.6 is 22.9 Å². The Morgan fingerprint density at radius 3 is 2.83 bits per heavy atom. The molecule has 1 amide bonds. The Morgan fingerprint density at radius 2 is 2.13 bits per heavy atom. The molecule has 1 saturated heterocycles. The van der Waals surface area contributed by atoms with E-state index in [1.54, 1.807) is 29.4 Å². The lowest BCUT2D eigenvalue weighted by molar-refractivity contribution is -0.123. The second kappa shape index (κ2) is 8.58. The van der Waals surface area contributed by atoms with Crippen LogP contribution in [0.25, 0.3) is 10.2 Å². The van der Waals surface area contributed by atoms with E-state index in [9.17, 15) is 13.2 Å². The first-order valence-corrected chi connectivity index (χ1v) is 12.6. The molecule has 4 rings (SSSR count). The van der Waals surface area contributed by atoms with Gasteiger partial charge in [-0.3, -0.25) is 14.7 Å². The first-order chi connectivity index (χ1) is 14.3. The number of sulfonamides is 1. The van der Waals surface area contributed by atoms with Crippen LogP contribution in [0.2, 0.25) is 5.02 Å². The SMILES string of the molecule is CS(=O)(=O)N1CCCCC1C(=O)N(Cc1cccnc1)c1nc2c(Cl)cccc2s1. The highest BCUT2D eigenvalue weighted by Crippen LogP contribution is 2.34. The predicted molar refractivity (Wildman–Crippen MR) is 119 cm³/mol. The van der Waals surface area contributed by atoms with E-state index in [-0.39, 0.29) is 12.5 Å². The highest BCUT2D eigenvalue weighted by molar-refractivity contribution is 7.88. The fraction of sp³-hybridized carbons (Fsp3) is 0.350. The Kier molecular flexibility index (Phi) is 6.06. The van der Waals surface area contributed by atoms with Gasteiger partial charge in [-0.25, -0.2) is 13.4 Å². The van der Waals surface area contributed by atoms with E-state index in [4.69, 9.17) is 11.6 Å². The van der Waals surface area contributed by atoms with Crippen molar-refractivity contribution in [3.8, 4) is 0 Å². The number of hydrogen-bond acceptors (Lipinski definition) is 6. The summed E-state index contributed by atoms with van der Waals surface area (Å²) in [5.74, 6) is -0.279. The molecular formula is C20H21ClN4O3S2. The molecule has 0 radical (unpaired) electrons. The number of hydrogen-bond donors (Lipinski definition) is 0. The van der Waals surface area contributed by atoms with Gasteiger partial charge in [0.1, 0.15) is 11.6 Å². The number of piperidine rings is 1. The van der Waals surface area contributed by atoms with E-state index in [2.05, 4.69) is 9.97 Å². The monoisotopic (exact) mass is 464 g/mol. The van der Waals surface area contributed by atoms with E-state index in [0.717, 1.165) is 29.4 Å². The summed E-state index contributed by atoms with van der Waals surface area (Å²) in [5, 5.41) is 1.00. The van der Waals surface area contributed by atoms with Gasteiger partial charge in [0.15, 0.2) is 5.13 Å². The van der Waals surface area contributed by atoms with Crippen LogP contribution in [0.1, 0.15) is 24.8 Å². The van der Waals surface area contributed by atoms with Crippen LogP contribution in [0.5, 0.6) is 0 Å². The van der Waals surface area contributed by atoms with Crippen molar-refractivity contribution < 1.29 is 13.2 Å². The van der Waals surface area contributed by atoms with Crippen LogP contribution in [-0.4, -0.2) is 47.4 Å². The number of carbonyl (C=O) groups is 1. The quantitative estimate of drug-likeness (QED) is 0.575. The van der Waals surface area contributed by atoms with Crippen LogP contribution in [0.3, 0.4) is 0 Å².